The van der Waals surface area contributed by atoms with Crippen LogP contribution >= 0.6 is 0 Å². The van der Waals surface area contributed by atoms with Gasteiger partial charge in [-0.2, -0.15) is 44.3 Å². The van der Waals surface area contributed by atoms with Crippen molar-refractivity contribution in [3.63, 3.8) is 0 Å². The molecule has 0 spiro atoms. The number of carbonyl (C=O) groups excluding carboxylic acids is 1. The molecule has 48 heavy (non-hydrogen) atoms. The fourth-order valence-corrected chi connectivity index (χ4v) is 5.54. The van der Waals surface area contributed by atoms with Gasteiger partial charge in [0.2, 0.25) is 5.91 Å². The molecule has 1 aromatic heterocycles. The largest absolute Gasteiger partial charge is 0.416 e. The molecule has 2 heterocycles. The lowest BCUT2D eigenvalue weighted by Crippen LogP contribution is -2.32. The molecule has 0 aliphatic carbocycles. The number of likely N-dealkylation sites (N-methyl/N-ethyl adjacent to an activating group) is 1. The van der Waals surface area contributed by atoms with E-state index in [1.54, 1.807) is 14.1 Å². The first kappa shape index (κ1) is 36.9. The van der Waals surface area contributed by atoms with Crippen LogP contribution in [0.3, 0.4) is 0 Å². The maximum Gasteiger partial charge on any atom is 0.416 e. The highest BCUT2D eigenvalue weighted by molar-refractivity contribution is 5.76. The standard InChI is InChI=1S/C30H34F9N7O2/c1-5-25(45-9-8-23(16-45)48-17-26(47)43(2)3)24-7-6-20(28(31,32)33)12-19(24)15-46(27-40-42-44(4)41-27)14-18-10-21(29(34,35)36)13-22(11-18)30(37,38)39/h6-7,10-13,23,25H,5,8-9,14-17H2,1-4H3/t23-,25?/m0/s1. The van der Waals surface area contributed by atoms with E-state index in [4.69, 9.17) is 4.74 Å². The summed E-state index contributed by atoms with van der Waals surface area (Å²) in [7, 11) is 4.56. The number of rotatable bonds is 11. The molecule has 0 radical (unpaired) electrons. The number of alkyl halides is 9. The normalized spacial score (nSPS) is 16.7. The van der Waals surface area contributed by atoms with E-state index in [-0.39, 0.29) is 36.2 Å². The lowest BCUT2D eigenvalue weighted by atomic mass is 9.94. The summed E-state index contributed by atoms with van der Waals surface area (Å²) in [6, 6.07) is 3.81. The van der Waals surface area contributed by atoms with Crippen molar-refractivity contribution in [2.45, 2.75) is 63.5 Å². The van der Waals surface area contributed by atoms with Gasteiger partial charge >= 0.3 is 18.5 Å². The first-order valence-electron chi connectivity index (χ1n) is 14.8. The van der Waals surface area contributed by atoms with Crippen molar-refractivity contribution in [1.82, 2.24) is 30.0 Å². The van der Waals surface area contributed by atoms with Gasteiger partial charge in [0.15, 0.2) is 0 Å². The quantitative estimate of drug-likeness (QED) is 0.224. The van der Waals surface area contributed by atoms with Gasteiger partial charge in [0.05, 0.1) is 29.8 Å². The van der Waals surface area contributed by atoms with Crippen molar-refractivity contribution in [2.24, 2.45) is 7.05 Å². The Labute approximate surface area is 270 Å². The first-order valence-corrected chi connectivity index (χ1v) is 14.8. The van der Waals surface area contributed by atoms with Gasteiger partial charge < -0.3 is 14.5 Å². The molecule has 1 aliphatic heterocycles. The van der Waals surface area contributed by atoms with Gasteiger partial charge in [0, 0.05) is 46.3 Å². The molecule has 2 aromatic carbocycles. The van der Waals surface area contributed by atoms with Crippen molar-refractivity contribution >= 4 is 11.9 Å². The van der Waals surface area contributed by atoms with E-state index >= 15 is 0 Å². The molecule has 264 valence electrons. The lowest BCUT2D eigenvalue weighted by Gasteiger charge is -2.31. The average Bonchev–Trinajstić information content (AvgIpc) is 3.64. The number of amides is 1. The van der Waals surface area contributed by atoms with Crippen molar-refractivity contribution < 1.29 is 49.0 Å². The maximum absolute atomic E-state index is 13.9. The molecule has 2 atom stereocenters. The summed E-state index contributed by atoms with van der Waals surface area (Å²) in [5, 5.41) is 11.6. The molecule has 9 nitrogen and oxygen atoms in total. The Morgan fingerprint density at radius 3 is 2.08 bits per heavy atom. The fourth-order valence-electron chi connectivity index (χ4n) is 5.54. The van der Waals surface area contributed by atoms with Crippen LogP contribution in [0.4, 0.5) is 45.5 Å². The van der Waals surface area contributed by atoms with E-state index in [0.717, 1.165) is 16.9 Å². The second-order valence-electron chi connectivity index (χ2n) is 11.7. The van der Waals surface area contributed by atoms with E-state index in [9.17, 15) is 44.3 Å². The van der Waals surface area contributed by atoms with Crippen LogP contribution in [0.2, 0.25) is 0 Å². The molecule has 1 saturated heterocycles. The highest BCUT2D eigenvalue weighted by atomic mass is 19.4. The Morgan fingerprint density at radius 2 is 1.56 bits per heavy atom. The van der Waals surface area contributed by atoms with Crippen LogP contribution in [-0.4, -0.2) is 75.8 Å². The van der Waals surface area contributed by atoms with Crippen molar-refractivity contribution in [3.05, 3.63) is 69.8 Å². The molecular formula is C30H34F9N7O2. The van der Waals surface area contributed by atoms with Gasteiger partial charge in [-0.1, -0.05) is 18.1 Å². The number of hydrogen-bond donors (Lipinski definition) is 0. The number of hydrogen-bond acceptors (Lipinski definition) is 7. The Morgan fingerprint density at radius 1 is 0.938 bits per heavy atom. The molecule has 1 amide bonds. The van der Waals surface area contributed by atoms with Crippen LogP contribution < -0.4 is 4.90 Å². The van der Waals surface area contributed by atoms with Gasteiger partial charge in [-0.05, 0) is 65.1 Å². The highest BCUT2D eigenvalue weighted by Gasteiger charge is 2.38. The van der Waals surface area contributed by atoms with Gasteiger partial charge in [-0.15, -0.1) is 5.10 Å². The molecule has 18 heteroatoms. The fraction of sp³-hybridized carbons (Fsp3) is 0.533. The van der Waals surface area contributed by atoms with Crippen LogP contribution in [0.15, 0.2) is 36.4 Å². The third-order valence-electron chi connectivity index (χ3n) is 7.94. The number of aromatic nitrogens is 4. The number of carbonyl (C=O) groups is 1. The van der Waals surface area contributed by atoms with Crippen molar-refractivity contribution in [2.75, 3.05) is 38.7 Å². The number of likely N-dealkylation sites (tertiary alicyclic amines) is 1. The first-order chi connectivity index (χ1) is 22.3. The second-order valence-corrected chi connectivity index (χ2v) is 11.7. The van der Waals surface area contributed by atoms with Crippen molar-refractivity contribution in [1.29, 1.82) is 0 Å². The molecule has 3 aromatic rings. The summed E-state index contributed by atoms with van der Waals surface area (Å²) in [6.07, 6.45) is -14.3. The summed E-state index contributed by atoms with van der Waals surface area (Å²) in [6.45, 7) is 1.53. The average molecular weight is 696 g/mol. The Kier molecular flexibility index (Phi) is 11.0. The molecule has 4 rings (SSSR count). The number of halogens is 9. The minimum atomic E-state index is -5.11. The Balaban J connectivity index is 1.73. The monoisotopic (exact) mass is 695 g/mol. The van der Waals surface area contributed by atoms with Crippen LogP contribution in [-0.2, 0) is 48.2 Å². The van der Waals surface area contributed by atoms with E-state index in [0.29, 0.717) is 43.6 Å². The molecule has 0 N–H and O–H groups in total. The summed E-state index contributed by atoms with van der Waals surface area (Å²) in [4.78, 5) is 17.6. The van der Waals surface area contributed by atoms with Crippen LogP contribution in [0.1, 0.15) is 59.2 Å². The summed E-state index contributed by atoms with van der Waals surface area (Å²) < 4.78 is 129. The second kappa shape index (κ2) is 14.3. The smallest absolute Gasteiger partial charge is 0.367 e. The molecule has 1 fully saturated rings. The maximum atomic E-state index is 13.9. The summed E-state index contributed by atoms with van der Waals surface area (Å²) in [5.41, 5.74) is -3.92. The number of anilines is 1. The van der Waals surface area contributed by atoms with Gasteiger partial charge in [0.25, 0.3) is 5.95 Å². The number of ether oxygens (including phenoxy) is 1. The number of nitrogens with zero attached hydrogens (tertiary/aromatic N) is 7. The topological polar surface area (TPSA) is 79.6 Å². The van der Waals surface area contributed by atoms with Gasteiger partial charge in [-0.25, -0.2) is 0 Å². The highest BCUT2D eigenvalue weighted by Crippen LogP contribution is 2.39. The van der Waals surface area contributed by atoms with E-state index < -0.39 is 59.9 Å². The van der Waals surface area contributed by atoms with Crippen LogP contribution in [0, 0.1) is 0 Å². The third kappa shape index (κ3) is 9.15. The van der Waals surface area contributed by atoms with E-state index in [2.05, 4.69) is 15.4 Å². The zero-order valence-corrected chi connectivity index (χ0v) is 26.4. The molecule has 0 bridgehead atoms. The zero-order chi connectivity index (χ0) is 35.6. The summed E-state index contributed by atoms with van der Waals surface area (Å²) >= 11 is 0. The number of benzene rings is 2. The Hall–Kier alpha value is -3.93. The molecule has 1 unspecified atom stereocenters. The minimum absolute atomic E-state index is 0.00535. The van der Waals surface area contributed by atoms with E-state index in [1.165, 1.54) is 22.9 Å². The SMILES string of the molecule is CCC(c1ccc(C(F)(F)F)cc1CN(Cc1cc(C(F)(F)F)cc(C(F)(F)F)c1)c1nnn(C)n1)N1CC[C@H](OCC(=O)N(C)C)C1. The lowest BCUT2D eigenvalue weighted by molar-refractivity contribution is -0.143. The van der Waals surface area contributed by atoms with Crippen LogP contribution in [0.25, 0.3) is 0 Å². The predicted octanol–water partition coefficient (Wildman–Crippen LogP) is 6.10. The van der Waals surface area contributed by atoms with E-state index in [1.807, 2.05) is 11.8 Å². The van der Waals surface area contributed by atoms with Crippen molar-refractivity contribution in [3.8, 4) is 0 Å². The summed E-state index contributed by atoms with van der Waals surface area (Å²) in [5.74, 6) is -0.452. The Bertz CT molecular complexity index is 1540. The third-order valence-corrected chi connectivity index (χ3v) is 7.94. The number of tetrazole rings is 1. The van der Waals surface area contributed by atoms with Gasteiger partial charge in [0.1, 0.15) is 6.61 Å². The zero-order valence-electron chi connectivity index (χ0n) is 26.4. The molecule has 0 saturated carbocycles. The number of aryl methyl sites for hydroxylation is 1. The predicted molar refractivity (Wildman–Crippen MR) is 154 cm³/mol. The minimum Gasteiger partial charge on any atom is -0.367 e. The molecule has 1 aliphatic rings. The van der Waals surface area contributed by atoms with Gasteiger partial charge in [-0.3, -0.25) is 9.69 Å². The van der Waals surface area contributed by atoms with Crippen LogP contribution in [0.5, 0.6) is 0 Å². The molecular weight excluding hydrogens is 661 g/mol.